The summed E-state index contributed by atoms with van der Waals surface area (Å²) in [5.41, 5.74) is 1.79. The van der Waals surface area contributed by atoms with Crippen LogP contribution in [-0.2, 0) is 11.2 Å². The molecule has 0 unspecified atom stereocenters. The van der Waals surface area contributed by atoms with Gasteiger partial charge in [0.15, 0.2) is 5.82 Å². The number of hydrogen-bond acceptors (Lipinski definition) is 5. The Bertz CT molecular complexity index is 587. The highest BCUT2D eigenvalue weighted by molar-refractivity contribution is 5.67. The van der Waals surface area contributed by atoms with Crippen molar-refractivity contribution in [3.8, 4) is 11.4 Å². The minimum Gasteiger partial charge on any atom is -0.481 e. The van der Waals surface area contributed by atoms with E-state index in [0.717, 1.165) is 17.7 Å². The average Bonchev–Trinajstić information content (AvgIpc) is 2.47. The molecular weight excluding hydrogens is 256 g/mol. The highest BCUT2D eigenvalue weighted by Crippen LogP contribution is 2.17. The van der Waals surface area contributed by atoms with E-state index < -0.39 is 5.97 Å². The standard InChI is InChI=1S/C14H16N4O2/c1-2-11-9-12(16-8-5-13(19)20)18-14(17-11)10-3-6-15-7-4-10/h3-4,6-7,9H,2,5,8H2,1H3,(H,19,20)(H,16,17,18). The molecule has 0 radical (unpaired) electrons. The molecule has 0 bridgehead atoms. The first kappa shape index (κ1) is 13.9. The predicted molar refractivity (Wildman–Crippen MR) is 75.4 cm³/mol. The Balaban J connectivity index is 2.22. The number of hydrogen-bond donors (Lipinski definition) is 2. The molecule has 2 aromatic heterocycles. The maximum atomic E-state index is 10.5. The number of aryl methyl sites for hydroxylation is 1. The second-order valence-corrected chi connectivity index (χ2v) is 4.23. The Kier molecular flexibility index (Phi) is 4.60. The van der Waals surface area contributed by atoms with Gasteiger partial charge in [0.25, 0.3) is 0 Å². The van der Waals surface area contributed by atoms with E-state index in [1.54, 1.807) is 12.4 Å². The summed E-state index contributed by atoms with van der Waals surface area (Å²) in [4.78, 5) is 23.4. The summed E-state index contributed by atoms with van der Waals surface area (Å²) in [6.45, 7) is 2.35. The largest absolute Gasteiger partial charge is 0.481 e. The molecule has 0 aliphatic rings. The molecule has 2 aromatic rings. The van der Waals surface area contributed by atoms with Gasteiger partial charge in [-0.15, -0.1) is 0 Å². The Hall–Kier alpha value is -2.50. The van der Waals surface area contributed by atoms with Crippen LogP contribution in [0.15, 0.2) is 30.6 Å². The Morgan fingerprint density at radius 3 is 2.70 bits per heavy atom. The van der Waals surface area contributed by atoms with Crippen molar-refractivity contribution in [1.29, 1.82) is 0 Å². The van der Waals surface area contributed by atoms with Crippen LogP contribution in [0.1, 0.15) is 19.0 Å². The summed E-state index contributed by atoms with van der Waals surface area (Å²) < 4.78 is 0. The van der Waals surface area contributed by atoms with Crippen LogP contribution >= 0.6 is 0 Å². The minimum atomic E-state index is -0.836. The summed E-state index contributed by atoms with van der Waals surface area (Å²) in [7, 11) is 0. The van der Waals surface area contributed by atoms with Crippen molar-refractivity contribution in [3.63, 3.8) is 0 Å². The second-order valence-electron chi connectivity index (χ2n) is 4.23. The van der Waals surface area contributed by atoms with Gasteiger partial charge in [-0.2, -0.15) is 0 Å². The van der Waals surface area contributed by atoms with Crippen LogP contribution in [0, 0.1) is 0 Å². The fraction of sp³-hybridized carbons (Fsp3) is 0.286. The monoisotopic (exact) mass is 272 g/mol. The first-order valence-corrected chi connectivity index (χ1v) is 6.43. The number of anilines is 1. The SMILES string of the molecule is CCc1cc(NCCC(=O)O)nc(-c2ccncc2)n1. The van der Waals surface area contributed by atoms with E-state index in [2.05, 4.69) is 20.3 Å². The van der Waals surface area contributed by atoms with Gasteiger partial charge in [-0.3, -0.25) is 9.78 Å². The molecule has 20 heavy (non-hydrogen) atoms. The number of pyridine rings is 1. The van der Waals surface area contributed by atoms with E-state index >= 15 is 0 Å². The van der Waals surface area contributed by atoms with Gasteiger partial charge in [-0.05, 0) is 18.6 Å². The number of aromatic nitrogens is 3. The molecule has 104 valence electrons. The molecule has 2 heterocycles. The van der Waals surface area contributed by atoms with Crippen LogP contribution < -0.4 is 5.32 Å². The molecule has 0 spiro atoms. The second kappa shape index (κ2) is 6.60. The third-order valence-electron chi connectivity index (χ3n) is 2.72. The molecule has 0 aliphatic carbocycles. The van der Waals surface area contributed by atoms with Gasteiger partial charge in [0.1, 0.15) is 5.82 Å². The fourth-order valence-electron chi connectivity index (χ4n) is 1.70. The van der Waals surface area contributed by atoms with Crippen molar-refractivity contribution in [2.45, 2.75) is 19.8 Å². The highest BCUT2D eigenvalue weighted by atomic mass is 16.4. The molecule has 6 nitrogen and oxygen atoms in total. The molecule has 2 N–H and O–H groups in total. The zero-order chi connectivity index (χ0) is 14.4. The van der Waals surface area contributed by atoms with Crippen molar-refractivity contribution in [1.82, 2.24) is 15.0 Å². The van der Waals surface area contributed by atoms with Gasteiger partial charge in [-0.25, -0.2) is 9.97 Å². The average molecular weight is 272 g/mol. The van der Waals surface area contributed by atoms with Crippen molar-refractivity contribution in [2.75, 3.05) is 11.9 Å². The topological polar surface area (TPSA) is 88.0 Å². The van der Waals surface area contributed by atoms with Gasteiger partial charge in [0.05, 0.1) is 6.42 Å². The minimum absolute atomic E-state index is 0.0516. The lowest BCUT2D eigenvalue weighted by atomic mass is 10.2. The molecule has 0 aromatic carbocycles. The fourth-order valence-corrected chi connectivity index (χ4v) is 1.70. The van der Waals surface area contributed by atoms with Crippen LogP contribution in [0.2, 0.25) is 0 Å². The van der Waals surface area contributed by atoms with E-state index in [1.165, 1.54) is 0 Å². The van der Waals surface area contributed by atoms with Crippen molar-refractivity contribution >= 4 is 11.8 Å². The number of carboxylic acids is 1. The summed E-state index contributed by atoms with van der Waals surface area (Å²) in [6.07, 6.45) is 4.22. The Morgan fingerprint density at radius 2 is 2.05 bits per heavy atom. The van der Waals surface area contributed by atoms with Crippen molar-refractivity contribution in [3.05, 3.63) is 36.3 Å². The summed E-state index contributed by atoms with van der Waals surface area (Å²) in [5, 5.41) is 11.7. The van der Waals surface area contributed by atoms with E-state index in [-0.39, 0.29) is 6.42 Å². The van der Waals surface area contributed by atoms with E-state index in [1.807, 2.05) is 25.1 Å². The Labute approximate surface area is 116 Å². The first-order valence-electron chi connectivity index (χ1n) is 6.43. The van der Waals surface area contributed by atoms with Crippen LogP contribution in [-0.4, -0.2) is 32.6 Å². The van der Waals surface area contributed by atoms with Crippen molar-refractivity contribution < 1.29 is 9.90 Å². The van der Waals surface area contributed by atoms with Gasteiger partial charge in [-0.1, -0.05) is 6.92 Å². The van der Waals surface area contributed by atoms with Crippen LogP contribution in [0.25, 0.3) is 11.4 Å². The number of carboxylic acid groups (broad SMARTS) is 1. The summed E-state index contributed by atoms with van der Waals surface area (Å²) in [5.74, 6) is 0.422. The Morgan fingerprint density at radius 1 is 1.30 bits per heavy atom. The molecule has 0 aliphatic heterocycles. The maximum absolute atomic E-state index is 10.5. The number of nitrogens with zero attached hydrogens (tertiary/aromatic N) is 3. The predicted octanol–water partition coefficient (Wildman–Crippen LogP) is 1.99. The number of aliphatic carboxylic acids is 1. The third kappa shape index (κ3) is 3.74. The van der Waals surface area contributed by atoms with Gasteiger partial charge in [0, 0.05) is 36.3 Å². The molecule has 0 atom stereocenters. The van der Waals surface area contributed by atoms with E-state index in [9.17, 15) is 4.79 Å². The smallest absolute Gasteiger partial charge is 0.305 e. The maximum Gasteiger partial charge on any atom is 0.305 e. The van der Waals surface area contributed by atoms with E-state index in [0.29, 0.717) is 18.2 Å². The van der Waals surface area contributed by atoms with E-state index in [4.69, 9.17) is 5.11 Å². The van der Waals surface area contributed by atoms with Crippen LogP contribution in [0.3, 0.4) is 0 Å². The molecule has 2 rings (SSSR count). The zero-order valence-electron chi connectivity index (χ0n) is 11.2. The van der Waals surface area contributed by atoms with Crippen LogP contribution in [0.4, 0.5) is 5.82 Å². The first-order chi connectivity index (χ1) is 9.69. The number of rotatable bonds is 6. The molecule has 6 heteroatoms. The van der Waals surface area contributed by atoms with Crippen molar-refractivity contribution in [2.24, 2.45) is 0 Å². The van der Waals surface area contributed by atoms with Gasteiger partial charge >= 0.3 is 5.97 Å². The highest BCUT2D eigenvalue weighted by Gasteiger charge is 2.06. The summed E-state index contributed by atoms with van der Waals surface area (Å²) in [6, 6.07) is 5.53. The zero-order valence-corrected chi connectivity index (χ0v) is 11.2. The lowest BCUT2D eigenvalue weighted by Gasteiger charge is -2.08. The quantitative estimate of drug-likeness (QED) is 0.836. The lowest BCUT2D eigenvalue weighted by Crippen LogP contribution is -2.10. The molecule has 0 fully saturated rings. The molecule has 0 amide bonds. The number of carbonyl (C=O) groups is 1. The number of nitrogens with one attached hydrogen (secondary N) is 1. The summed E-state index contributed by atoms with van der Waals surface area (Å²) >= 11 is 0. The molecule has 0 saturated carbocycles. The van der Waals surface area contributed by atoms with Gasteiger partial charge < -0.3 is 10.4 Å². The molecule has 0 saturated heterocycles. The third-order valence-corrected chi connectivity index (χ3v) is 2.72. The molecular formula is C14H16N4O2. The lowest BCUT2D eigenvalue weighted by molar-refractivity contribution is -0.136. The van der Waals surface area contributed by atoms with Gasteiger partial charge in [0.2, 0.25) is 0 Å². The van der Waals surface area contributed by atoms with Crippen LogP contribution in [0.5, 0.6) is 0 Å². The normalized spacial score (nSPS) is 10.2.